The molecule has 7 heteroatoms. The average molecular weight is 477 g/mol. The third-order valence-electron chi connectivity index (χ3n) is 6.27. The van der Waals surface area contributed by atoms with Crippen LogP contribution in [0.1, 0.15) is 39.3 Å². The Morgan fingerprint density at radius 2 is 1.85 bits per heavy atom. The Morgan fingerprint density at radius 1 is 1.09 bits per heavy atom. The number of aromatic nitrogens is 3. The molecule has 3 heterocycles. The number of nitrogens with zero attached hydrogens (tertiary/aromatic N) is 4. The van der Waals surface area contributed by atoms with E-state index in [0.717, 1.165) is 46.6 Å². The summed E-state index contributed by atoms with van der Waals surface area (Å²) in [7, 11) is 0. The van der Waals surface area contributed by atoms with Gasteiger partial charge in [-0.25, -0.2) is 9.67 Å². The number of benzene rings is 2. The highest BCUT2D eigenvalue weighted by atomic mass is 35.5. The molecule has 1 aliphatic heterocycles. The number of hydrogen-bond acceptors (Lipinski definition) is 4. The largest absolute Gasteiger partial charge is 0.338 e. The van der Waals surface area contributed by atoms with Gasteiger partial charge in [-0.15, -0.1) is 11.3 Å². The van der Waals surface area contributed by atoms with Crippen LogP contribution in [-0.2, 0) is 30.6 Å². The number of fused-ring (bicyclic) bond motifs is 1. The Morgan fingerprint density at radius 3 is 2.64 bits per heavy atom. The van der Waals surface area contributed by atoms with Gasteiger partial charge in [0.2, 0.25) is 11.0 Å². The van der Waals surface area contributed by atoms with Crippen molar-refractivity contribution in [2.75, 3.05) is 6.54 Å². The highest BCUT2D eigenvalue weighted by Crippen LogP contribution is 2.25. The van der Waals surface area contributed by atoms with Gasteiger partial charge < -0.3 is 4.90 Å². The zero-order valence-corrected chi connectivity index (χ0v) is 20.3. The minimum atomic E-state index is 0.123. The van der Waals surface area contributed by atoms with E-state index in [4.69, 9.17) is 21.7 Å². The summed E-state index contributed by atoms with van der Waals surface area (Å²) in [5, 5.41) is 8.25. The van der Waals surface area contributed by atoms with E-state index in [1.54, 1.807) is 0 Å². The Bertz CT molecular complexity index is 1310. The summed E-state index contributed by atoms with van der Waals surface area (Å²) in [6, 6.07) is 16.3. The highest BCUT2D eigenvalue weighted by molar-refractivity contribution is 7.12. The molecule has 0 saturated heterocycles. The zero-order chi connectivity index (χ0) is 22.9. The topological polar surface area (TPSA) is 51.0 Å². The lowest BCUT2D eigenvalue weighted by atomic mass is 10.00. The van der Waals surface area contributed by atoms with E-state index in [0.29, 0.717) is 13.0 Å². The van der Waals surface area contributed by atoms with Gasteiger partial charge in [0, 0.05) is 41.2 Å². The lowest BCUT2D eigenvalue weighted by Gasteiger charge is -2.28. The maximum absolute atomic E-state index is 12.9. The lowest BCUT2D eigenvalue weighted by molar-refractivity contribution is -0.131. The van der Waals surface area contributed by atoms with Gasteiger partial charge in [0.15, 0.2) is 0 Å². The van der Waals surface area contributed by atoms with Crippen molar-refractivity contribution in [2.24, 2.45) is 0 Å². The molecule has 0 saturated carbocycles. The fourth-order valence-corrected chi connectivity index (χ4v) is 5.32. The number of hydrogen-bond donors (Lipinski definition) is 0. The first kappa shape index (κ1) is 21.9. The molecule has 4 aromatic rings. The summed E-state index contributed by atoms with van der Waals surface area (Å²) in [6.45, 7) is 5.54. The van der Waals surface area contributed by atoms with E-state index in [2.05, 4.69) is 25.1 Å². The van der Waals surface area contributed by atoms with Gasteiger partial charge in [0.25, 0.3) is 0 Å². The standard InChI is InChI=1S/C26H25ClN4OS/c1-17-24(13-19-7-9-22(27)10-8-19)18(2)31(29-17)26-28-23(16-33-26)14-25(32)30-12-11-20-5-3-4-6-21(20)15-30/h3-10,16H,11-15H2,1-2H3. The molecule has 33 heavy (non-hydrogen) atoms. The molecule has 5 nitrogen and oxygen atoms in total. The number of aryl methyl sites for hydroxylation is 1. The minimum absolute atomic E-state index is 0.123. The maximum Gasteiger partial charge on any atom is 0.228 e. The Kier molecular flexibility index (Phi) is 6.04. The number of halogens is 1. The van der Waals surface area contributed by atoms with E-state index < -0.39 is 0 Å². The normalized spacial score (nSPS) is 13.2. The molecule has 0 bridgehead atoms. The Labute approximate surface area is 202 Å². The molecule has 0 spiro atoms. The van der Waals surface area contributed by atoms with E-state index in [9.17, 15) is 4.79 Å². The molecule has 1 aliphatic rings. The van der Waals surface area contributed by atoms with Crippen molar-refractivity contribution in [2.45, 2.75) is 39.7 Å². The van der Waals surface area contributed by atoms with Crippen molar-refractivity contribution in [3.05, 3.63) is 98.3 Å². The number of carbonyl (C=O) groups excluding carboxylic acids is 1. The van der Waals surface area contributed by atoms with Gasteiger partial charge in [-0.3, -0.25) is 4.79 Å². The molecule has 0 aliphatic carbocycles. The van der Waals surface area contributed by atoms with Crippen LogP contribution in [0.2, 0.25) is 5.02 Å². The average Bonchev–Trinajstić information content (AvgIpc) is 3.39. The van der Waals surface area contributed by atoms with Crippen LogP contribution in [0.4, 0.5) is 0 Å². The van der Waals surface area contributed by atoms with E-state index >= 15 is 0 Å². The van der Waals surface area contributed by atoms with Gasteiger partial charge in [-0.2, -0.15) is 5.10 Å². The second kappa shape index (κ2) is 9.12. The van der Waals surface area contributed by atoms with Gasteiger partial charge in [-0.1, -0.05) is 48.0 Å². The van der Waals surface area contributed by atoms with Crippen molar-refractivity contribution in [1.29, 1.82) is 0 Å². The van der Waals surface area contributed by atoms with E-state index in [1.165, 1.54) is 33.6 Å². The first-order valence-corrected chi connectivity index (χ1v) is 12.3. The van der Waals surface area contributed by atoms with Crippen LogP contribution in [-0.4, -0.2) is 32.1 Å². The molecule has 1 amide bonds. The van der Waals surface area contributed by atoms with Gasteiger partial charge in [0.1, 0.15) is 0 Å². The van der Waals surface area contributed by atoms with Crippen molar-refractivity contribution >= 4 is 28.8 Å². The molecule has 0 atom stereocenters. The third-order valence-corrected chi connectivity index (χ3v) is 7.39. The fraction of sp³-hybridized carbons (Fsp3) is 0.269. The smallest absolute Gasteiger partial charge is 0.228 e. The Hall–Kier alpha value is -2.96. The van der Waals surface area contributed by atoms with Crippen LogP contribution in [0.25, 0.3) is 5.13 Å². The summed E-state index contributed by atoms with van der Waals surface area (Å²) in [5.41, 5.74) is 7.83. The van der Waals surface area contributed by atoms with Crippen molar-refractivity contribution in [3.63, 3.8) is 0 Å². The van der Waals surface area contributed by atoms with Crippen LogP contribution in [0, 0.1) is 13.8 Å². The molecule has 168 valence electrons. The summed E-state index contributed by atoms with van der Waals surface area (Å²) < 4.78 is 1.90. The Balaban J connectivity index is 1.30. The first-order valence-electron chi connectivity index (χ1n) is 11.1. The first-order chi connectivity index (χ1) is 16.0. The summed E-state index contributed by atoms with van der Waals surface area (Å²) in [5.74, 6) is 0.123. The summed E-state index contributed by atoms with van der Waals surface area (Å²) >= 11 is 7.55. The summed E-state index contributed by atoms with van der Waals surface area (Å²) in [6.07, 6.45) is 2.02. The molecule has 0 unspecified atom stereocenters. The van der Waals surface area contributed by atoms with Crippen molar-refractivity contribution < 1.29 is 4.79 Å². The molecule has 2 aromatic heterocycles. The number of rotatable bonds is 5. The second-order valence-electron chi connectivity index (χ2n) is 8.50. The van der Waals surface area contributed by atoms with Crippen LogP contribution < -0.4 is 0 Å². The molecule has 0 N–H and O–H groups in total. The fourth-order valence-electron chi connectivity index (χ4n) is 4.37. The van der Waals surface area contributed by atoms with E-state index in [-0.39, 0.29) is 5.91 Å². The summed E-state index contributed by atoms with van der Waals surface area (Å²) in [4.78, 5) is 19.6. The number of amides is 1. The van der Waals surface area contributed by atoms with Gasteiger partial charge in [0.05, 0.1) is 17.8 Å². The maximum atomic E-state index is 12.9. The highest BCUT2D eigenvalue weighted by Gasteiger charge is 2.22. The second-order valence-corrected chi connectivity index (χ2v) is 9.77. The van der Waals surface area contributed by atoms with Gasteiger partial charge >= 0.3 is 0 Å². The van der Waals surface area contributed by atoms with Gasteiger partial charge in [-0.05, 0) is 49.1 Å². The predicted octanol–water partition coefficient (Wildman–Crippen LogP) is 5.32. The minimum Gasteiger partial charge on any atom is -0.338 e. The molecule has 0 radical (unpaired) electrons. The molecule has 2 aromatic carbocycles. The van der Waals surface area contributed by atoms with Crippen molar-refractivity contribution in [3.8, 4) is 5.13 Å². The van der Waals surface area contributed by atoms with Crippen LogP contribution >= 0.6 is 22.9 Å². The predicted molar refractivity (Wildman–Crippen MR) is 132 cm³/mol. The van der Waals surface area contributed by atoms with Crippen molar-refractivity contribution in [1.82, 2.24) is 19.7 Å². The quantitative estimate of drug-likeness (QED) is 0.392. The monoisotopic (exact) mass is 476 g/mol. The van der Waals surface area contributed by atoms with Crippen LogP contribution in [0.15, 0.2) is 53.9 Å². The molecule has 5 rings (SSSR count). The SMILES string of the molecule is Cc1nn(-c2nc(CC(=O)N3CCc4ccccc4C3)cs2)c(C)c1Cc1ccc(Cl)cc1. The van der Waals surface area contributed by atoms with Crippen LogP contribution in [0.3, 0.4) is 0 Å². The van der Waals surface area contributed by atoms with E-state index in [1.807, 2.05) is 52.2 Å². The molecular weight excluding hydrogens is 452 g/mol. The number of thiazole rings is 1. The zero-order valence-electron chi connectivity index (χ0n) is 18.7. The third kappa shape index (κ3) is 4.59. The molecular formula is C26H25ClN4OS. The molecule has 0 fully saturated rings. The number of carbonyl (C=O) groups is 1. The lowest BCUT2D eigenvalue weighted by Crippen LogP contribution is -2.36. The van der Waals surface area contributed by atoms with Crippen LogP contribution in [0.5, 0.6) is 0 Å².